The van der Waals surface area contributed by atoms with Crippen molar-refractivity contribution in [2.75, 3.05) is 10.6 Å². The van der Waals surface area contributed by atoms with Gasteiger partial charge in [-0.1, -0.05) is 13.3 Å². The smallest absolute Gasteiger partial charge is 0.276 e. The van der Waals surface area contributed by atoms with Gasteiger partial charge in [-0.2, -0.15) is 5.10 Å². The molecule has 0 spiro atoms. The van der Waals surface area contributed by atoms with E-state index in [0.717, 1.165) is 25.7 Å². The lowest BCUT2D eigenvalue weighted by molar-refractivity contribution is -0.117. The van der Waals surface area contributed by atoms with E-state index in [1.807, 2.05) is 6.92 Å². The van der Waals surface area contributed by atoms with Crippen LogP contribution in [0, 0.1) is 5.92 Å². The van der Waals surface area contributed by atoms with E-state index >= 15 is 0 Å². The first-order valence-electron chi connectivity index (χ1n) is 8.87. The van der Waals surface area contributed by atoms with Crippen molar-refractivity contribution in [2.24, 2.45) is 5.92 Å². The second-order valence-corrected chi connectivity index (χ2v) is 6.43. The van der Waals surface area contributed by atoms with E-state index in [0.29, 0.717) is 17.9 Å². The Labute approximate surface area is 151 Å². The average molecular weight is 354 g/mol. The molecule has 1 aliphatic rings. The molecule has 0 saturated heterocycles. The standard InChI is InChI=1S/C19H22N4O3/c1-2-3-12-23-17(24)11-10-16(22-23)19(26)21-15-8-6-14(7-9-15)20-18(25)13-4-5-13/h6-11,13H,2-5,12H2,1H3,(H,20,25)(H,21,26). The first kappa shape index (κ1) is 17.8. The summed E-state index contributed by atoms with van der Waals surface area (Å²) in [6.07, 6.45) is 3.67. The summed E-state index contributed by atoms with van der Waals surface area (Å²) in [5.74, 6) is -0.200. The molecule has 7 nitrogen and oxygen atoms in total. The Kier molecular flexibility index (Phi) is 5.46. The number of benzene rings is 1. The summed E-state index contributed by atoms with van der Waals surface area (Å²) in [7, 11) is 0. The Bertz CT molecular complexity index is 854. The number of amides is 2. The second-order valence-electron chi connectivity index (χ2n) is 6.43. The van der Waals surface area contributed by atoms with Gasteiger partial charge in [0.05, 0.1) is 0 Å². The summed E-state index contributed by atoms with van der Waals surface area (Å²) in [5, 5.41) is 9.72. The lowest BCUT2D eigenvalue weighted by atomic mass is 10.2. The van der Waals surface area contributed by atoms with Gasteiger partial charge in [0, 0.05) is 29.9 Å². The molecule has 1 aromatic carbocycles. The van der Waals surface area contributed by atoms with E-state index in [2.05, 4.69) is 15.7 Å². The molecule has 1 aliphatic carbocycles. The molecule has 136 valence electrons. The van der Waals surface area contributed by atoms with Crippen molar-refractivity contribution in [1.82, 2.24) is 9.78 Å². The fourth-order valence-corrected chi connectivity index (χ4v) is 2.46. The van der Waals surface area contributed by atoms with Gasteiger partial charge in [0.25, 0.3) is 11.5 Å². The highest BCUT2D eigenvalue weighted by Gasteiger charge is 2.29. The van der Waals surface area contributed by atoms with Crippen LogP contribution in [0.4, 0.5) is 11.4 Å². The van der Waals surface area contributed by atoms with Crippen molar-refractivity contribution in [3.63, 3.8) is 0 Å². The van der Waals surface area contributed by atoms with Crippen LogP contribution in [0.5, 0.6) is 0 Å². The molecule has 7 heteroatoms. The summed E-state index contributed by atoms with van der Waals surface area (Å²) in [6.45, 7) is 2.52. The minimum absolute atomic E-state index is 0.0420. The number of nitrogens with zero attached hydrogens (tertiary/aromatic N) is 2. The van der Waals surface area contributed by atoms with Gasteiger partial charge in [0.15, 0.2) is 0 Å². The third-order valence-corrected chi connectivity index (χ3v) is 4.18. The molecular formula is C19H22N4O3. The third kappa shape index (κ3) is 4.56. The quantitative estimate of drug-likeness (QED) is 0.799. The van der Waals surface area contributed by atoms with Crippen LogP contribution in [0.2, 0.25) is 0 Å². The van der Waals surface area contributed by atoms with E-state index in [9.17, 15) is 14.4 Å². The van der Waals surface area contributed by atoms with Gasteiger partial charge in [-0.15, -0.1) is 0 Å². The maximum atomic E-state index is 12.4. The van der Waals surface area contributed by atoms with Gasteiger partial charge in [-0.25, -0.2) is 4.68 Å². The Hall–Kier alpha value is -2.96. The number of carbonyl (C=O) groups excluding carboxylic acids is 2. The molecular weight excluding hydrogens is 332 g/mol. The van der Waals surface area contributed by atoms with Gasteiger partial charge in [0.1, 0.15) is 5.69 Å². The van der Waals surface area contributed by atoms with Crippen LogP contribution in [-0.4, -0.2) is 21.6 Å². The number of unbranched alkanes of at least 4 members (excludes halogenated alkanes) is 1. The van der Waals surface area contributed by atoms with Crippen molar-refractivity contribution in [3.8, 4) is 0 Å². The minimum Gasteiger partial charge on any atom is -0.326 e. The lowest BCUT2D eigenvalue weighted by Gasteiger charge is -2.09. The minimum atomic E-state index is -0.384. The molecule has 3 rings (SSSR count). The number of anilines is 2. The normalized spacial score (nSPS) is 13.3. The third-order valence-electron chi connectivity index (χ3n) is 4.18. The van der Waals surface area contributed by atoms with Crippen LogP contribution in [-0.2, 0) is 11.3 Å². The number of aromatic nitrogens is 2. The molecule has 1 heterocycles. The van der Waals surface area contributed by atoms with Gasteiger partial charge < -0.3 is 10.6 Å². The Morgan fingerprint density at radius 3 is 2.35 bits per heavy atom. The highest BCUT2D eigenvalue weighted by molar-refractivity contribution is 6.03. The molecule has 0 aliphatic heterocycles. The number of nitrogens with one attached hydrogen (secondary N) is 2. The number of aryl methyl sites for hydroxylation is 1. The van der Waals surface area contributed by atoms with E-state index in [1.165, 1.54) is 16.8 Å². The summed E-state index contributed by atoms with van der Waals surface area (Å²) in [4.78, 5) is 35.9. The van der Waals surface area contributed by atoms with Gasteiger partial charge >= 0.3 is 0 Å². The highest BCUT2D eigenvalue weighted by atomic mass is 16.2. The van der Waals surface area contributed by atoms with Crippen molar-refractivity contribution >= 4 is 23.2 Å². The highest BCUT2D eigenvalue weighted by Crippen LogP contribution is 2.30. The average Bonchev–Trinajstić information content (AvgIpc) is 3.48. The summed E-state index contributed by atoms with van der Waals surface area (Å²) >= 11 is 0. The van der Waals surface area contributed by atoms with Crippen LogP contribution in [0.15, 0.2) is 41.2 Å². The van der Waals surface area contributed by atoms with Crippen molar-refractivity contribution in [2.45, 2.75) is 39.2 Å². The molecule has 1 fully saturated rings. The van der Waals surface area contributed by atoms with Crippen molar-refractivity contribution in [1.29, 1.82) is 0 Å². The predicted octanol–water partition coefficient (Wildman–Crippen LogP) is 2.64. The van der Waals surface area contributed by atoms with Crippen LogP contribution in [0.1, 0.15) is 43.1 Å². The first-order valence-corrected chi connectivity index (χ1v) is 8.87. The molecule has 1 saturated carbocycles. The largest absolute Gasteiger partial charge is 0.326 e. The SMILES string of the molecule is CCCCn1nc(C(=O)Nc2ccc(NC(=O)C3CC3)cc2)ccc1=O. The fraction of sp³-hybridized carbons (Fsp3) is 0.368. The molecule has 0 unspecified atom stereocenters. The van der Waals surface area contributed by atoms with Gasteiger partial charge in [-0.3, -0.25) is 14.4 Å². The molecule has 2 amide bonds. The zero-order valence-electron chi connectivity index (χ0n) is 14.7. The maximum absolute atomic E-state index is 12.4. The Morgan fingerprint density at radius 2 is 1.73 bits per heavy atom. The lowest BCUT2D eigenvalue weighted by Crippen LogP contribution is -2.26. The first-order chi connectivity index (χ1) is 12.6. The van der Waals surface area contributed by atoms with Gasteiger partial charge in [-0.05, 0) is 49.6 Å². The van der Waals surface area contributed by atoms with E-state index in [4.69, 9.17) is 0 Å². The van der Waals surface area contributed by atoms with Crippen molar-refractivity contribution < 1.29 is 9.59 Å². The van der Waals surface area contributed by atoms with E-state index in [1.54, 1.807) is 24.3 Å². The number of rotatable bonds is 7. The summed E-state index contributed by atoms with van der Waals surface area (Å²) in [5.41, 5.74) is 1.26. The summed E-state index contributed by atoms with van der Waals surface area (Å²) < 4.78 is 1.31. The fourth-order valence-electron chi connectivity index (χ4n) is 2.46. The zero-order chi connectivity index (χ0) is 18.5. The molecule has 1 aromatic heterocycles. The zero-order valence-corrected chi connectivity index (χ0v) is 14.7. The molecule has 0 bridgehead atoms. The molecule has 0 atom stereocenters. The molecule has 26 heavy (non-hydrogen) atoms. The van der Waals surface area contributed by atoms with Crippen molar-refractivity contribution in [3.05, 3.63) is 52.4 Å². The number of hydrogen-bond acceptors (Lipinski definition) is 4. The molecule has 2 N–H and O–H groups in total. The second kappa shape index (κ2) is 7.95. The van der Waals surface area contributed by atoms with E-state index in [-0.39, 0.29) is 29.0 Å². The van der Waals surface area contributed by atoms with Crippen LogP contribution >= 0.6 is 0 Å². The molecule has 2 aromatic rings. The van der Waals surface area contributed by atoms with Crippen LogP contribution in [0.3, 0.4) is 0 Å². The number of carbonyl (C=O) groups is 2. The molecule has 0 radical (unpaired) electrons. The Balaban J connectivity index is 1.63. The van der Waals surface area contributed by atoms with Crippen LogP contribution in [0.25, 0.3) is 0 Å². The van der Waals surface area contributed by atoms with Gasteiger partial charge in [0.2, 0.25) is 5.91 Å². The summed E-state index contributed by atoms with van der Waals surface area (Å²) in [6, 6.07) is 9.69. The topological polar surface area (TPSA) is 93.1 Å². The monoisotopic (exact) mass is 354 g/mol. The maximum Gasteiger partial charge on any atom is 0.276 e. The van der Waals surface area contributed by atoms with E-state index < -0.39 is 0 Å². The van der Waals surface area contributed by atoms with Crippen LogP contribution < -0.4 is 16.2 Å². The number of hydrogen-bond donors (Lipinski definition) is 2. The predicted molar refractivity (Wildman–Crippen MR) is 99.2 cm³/mol. The Morgan fingerprint density at radius 1 is 1.08 bits per heavy atom.